The zero-order chi connectivity index (χ0) is 11.8. The summed E-state index contributed by atoms with van der Waals surface area (Å²) in [5, 5.41) is 0. The predicted octanol–water partition coefficient (Wildman–Crippen LogP) is 2.32. The predicted molar refractivity (Wildman–Crippen MR) is 61.9 cm³/mol. The monoisotopic (exact) mass is 220 g/mol. The highest BCUT2D eigenvalue weighted by Crippen LogP contribution is 2.02. The fourth-order valence-corrected chi connectivity index (χ4v) is 1.21. The minimum Gasteiger partial charge on any atom is -0.466 e. The highest BCUT2D eigenvalue weighted by Gasteiger charge is 1.97. The van der Waals surface area contributed by atoms with Crippen LogP contribution >= 0.6 is 0 Å². The molecule has 1 aromatic rings. The number of rotatable bonds is 5. The summed E-state index contributed by atoms with van der Waals surface area (Å²) in [5.41, 5.74) is 1.97. The second-order valence-electron chi connectivity index (χ2n) is 3.49. The van der Waals surface area contributed by atoms with Crippen LogP contribution in [0, 0.1) is 0 Å². The van der Waals surface area contributed by atoms with Gasteiger partial charge in [-0.3, -0.25) is 0 Å². The van der Waals surface area contributed by atoms with Crippen LogP contribution < -0.4 is 0 Å². The van der Waals surface area contributed by atoms with E-state index in [4.69, 9.17) is 4.74 Å². The van der Waals surface area contributed by atoms with E-state index in [1.165, 1.54) is 13.2 Å². The van der Waals surface area contributed by atoms with Gasteiger partial charge in [0.2, 0.25) is 0 Å². The van der Waals surface area contributed by atoms with Gasteiger partial charge in [-0.15, -0.1) is 0 Å². The van der Waals surface area contributed by atoms with Crippen LogP contribution in [0.4, 0.5) is 0 Å². The number of hydrogen-bond acceptors (Lipinski definition) is 3. The molecule has 0 radical (unpaired) electrons. The van der Waals surface area contributed by atoms with Crippen molar-refractivity contribution in [3.63, 3.8) is 0 Å². The Bertz CT molecular complexity index is 355. The van der Waals surface area contributed by atoms with Crippen LogP contribution in [0.25, 0.3) is 0 Å². The van der Waals surface area contributed by atoms with Crippen LogP contribution in [0.5, 0.6) is 0 Å². The van der Waals surface area contributed by atoms with E-state index < -0.39 is 0 Å². The van der Waals surface area contributed by atoms with Gasteiger partial charge in [-0.2, -0.15) is 0 Å². The Labute approximate surface area is 95.7 Å². The molecule has 0 saturated carbocycles. The molecule has 0 heterocycles. The summed E-state index contributed by atoms with van der Waals surface area (Å²) in [6.45, 7) is 2.82. The number of carbonyl (C=O) groups excluding carboxylic acids is 1. The largest absolute Gasteiger partial charge is 0.466 e. The van der Waals surface area contributed by atoms with Gasteiger partial charge in [0, 0.05) is 6.08 Å². The quantitative estimate of drug-likeness (QED) is 0.564. The molecule has 16 heavy (non-hydrogen) atoms. The highest BCUT2D eigenvalue weighted by atomic mass is 16.5. The number of hydrogen-bond donors (Lipinski definition) is 0. The third-order valence-electron chi connectivity index (χ3n) is 2.01. The Morgan fingerprint density at radius 3 is 2.62 bits per heavy atom. The summed E-state index contributed by atoms with van der Waals surface area (Å²) < 4.78 is 9.97. The first kappa shape index (κ1) is 12.5. The summed E-state index contributed by atoms with van der Waals surface area (Å²) in [4.78, 5) is 10.9. The summed E-state index contributed by atoms with van der Waals surface area (Å²) in [5.74, 6) is -0.346. The maximum absolute atomic E-state index is 10.9. The van der Waals surface area contributed by atoms with E-state index in [1.54, 1.807) is 0 Å². The zero-order valence-electron chi connectivity index (χ0n) is 9.60. The Morgan fingerprint density at radius 1 is 1.31 bits per heavy atom. The Balaban J connectivity index is 2.31. The second-order valence-corrected chi connectivity index (χ2v) is 3.49. The topological polar surface area (TPSA) is 35.5 Å². The Morgan fingerprint density at radius 2 is 2.00 bits per heavy atom. The molecule has 0 aliphatic heterocycles. The van der Waals surface area contributed by atoms with Gasteiger partial charge in [-0.1, -0.05) is 30.3 Å². The van der Waals surface area contributed by atoms with Crippen LogP contribution in [-0.2, 0) is 20.9 Å². The summed E-state index contributed by atoms with van der Waals surface area (Å²) in [6.07, 6.45) is 1.44. The normalized spacial score (nSPS) is 11.2. The summed E-state index contributed by atoms with van der Waals surface area (Å²) in [6, 6.07) is 9.90. The first-order valence-corrected chi connectivity index (χ1v) is 5.09. The molecule has 0 bridgehead atoms. The summed E-state index contributed by atoms with van der Waals surface area (Å²) >= 11 is 0. The molecule has 0 spiro atoms. The van der Waals surface area contributed by atoms with E-state index in [1.807, 2.05) is 37.3 Å². The first-order chi connectivity index (χ1) is 7.72. The number of esters is 1. The molecule has 0 aromatic heterocycles. The van der Waals surface area contributed by atoms with Crippen molar-refractivity contribution in [2.75, 3.05) is 13.7 Å². The molecule has 0 amide bonds. The number of ether oxygens (including phenoxy) is 2. The molecule has 0 saturated heterocycles. The highest BCUT2D eigenvalue weighted by molar-refractivity contribution is 5.82. The van der Waals surface area contributed by atoms with Gasteiger partial charge in [0.15, 0.2) is 0 Å². The molecule has 0 atom stereocenters. The van der Waals surface area contributed by atoms with Gasteiger partial charge < -0.3 is 9.47 Å². The van der Waals surface area contributed by atoms with Gasteiger partial charge in [-0.25, -0.2) is 4.79 Å². The fraction of sp³-hybridized carbons (Fsp3) is 0.308. The molecule has 0 fully saturated rings. The van der Waals surface area contributed by atoms with Crippen molar-refractivity contribution in [1.82, 2.24) is 0 Å². The lowest BCUT2D eigenvalue weighted by Gasteiger charge is -2.04. The number of methoxy groups -OCH3 is 1. The third kappa shape index (κ3) is 4.75. The minimum atomic E-state index is -0.346. The van der Waals surface area contributed by atoms with Crippen molar-refractivity contribution in [2.24, 2.45) is 0 Å². The van der Waals surface area contributed by atoms with Crippen molar-refractivity contribution >= 4 is 5.97 Å². The van der Waals surface area contributed by atoms with Crippen LogP contribution in [-0.4, -0.2) is 19.7 Å². The van der Waals surface area contributed by atoms with Gasteiger partial charge in [0.1, 0.15) is 0 Å². The van der Waals surface area contributed by atoms with Crippen LogP contribution in [0.3, 0.4) is 0 Å². The average molecular weight is 220 g/mol. The lowest BCUT2D eigenvalue weighted by molar-refractivity contribution is -0.134. The van der Waals surface area contributed by atoms with Gasteiger partial charge >= 0.3 is 5.97 Å². The maximum atomic E-state index is 10.9. The van der Waals surface area contributed by atoms with Crippen molar-refractivity contribution in [3.05, 3.63) is 47.5 Å². The molecule has 1 rings (SSSR count). The molecule has 3 heteroatoms. The SMILES string of the molecule is COC(=O)C=C(C)COCc1ccccc1. The first-order valence-electron chi connectivity index (χ1n) is 5.09. The van der Waals surface area contributed by atoms with Crippen molar-refractivity contribution < 1.29 is 14.3 Å². The van der Waals surface area contributed by atoms with E-state index in [2.05, 4.69) is 4.74 Å². The molecule has 3 nitrogen and oxygen atoms in total. The number of carbonyl (C=O) groups is 1. The smallest absolute Gasteiger partial charge is 0.330 e. The van der Waals surface area contributed by atoms with Crippen LogP contribution in [0.2, 0.25) is 0 Å². The molecule has 86 valence electrons. The van der Waals surface area contributed by atoms with E-state index in [0.29, 0.717) is 13.2 Å². The lowest BCUT2D eigenvalue weighted by atomic mass is 10.2. The molecule has 0 aliphatic rings. The van der Waals surface area contributed by atoms with E-state index in [9.17, 15) is 4.79 Å². The minimum absolute atomic E-state index is 0.346. The molecule has 0 unspecified atom stereocenters. The van der Waals surface area contributed by atoms with E-state index >= 15 is 0 Å². The standard InChI is InChI=1S/C13H16O3/c1-11(8-13(14)15-2)9-16-10-12-6-4-3-5-7-12/h3-8H,9-10H2,1-2H3. The molecule has 0 N–H and O–H groups in total. The van der Waals surface area contributed by atoms with Crippen molar-refractivity contribution in [2.45, 2.75) is 13.5 Å². The van der Waals surface area contributed by atoms with Crippen molar-refractivity contribution in [3.8, 4) is 0 Å². The lowest BCUT2D eigenvalue weighted by Crippen LogP contribution is -2.01. The second kappa shape index (κ2) is 6.80. The maximum Gasteiger partial charge on any atom is 0.330 e. The van der Waals surface area contributed by atoms with Gasteiger partial charge in [0.25, 0.3) is 0 Å². The fourth-order valence-electron chi connectivity index (χ4n) is 1.21. The van der Waals surface area contributed by atoms with Gasteiger partial charge in [0.05, 0.1) is 20.3 Å². The molecular weight excluding hydrogens is 204 g/mol. The van der Waals surface area contributed by atoms with Crippen LogP contribution in [0.1, 0.15) is 12.5 Å². The average Bonchev–Trinajstić information content (AvgIpc) is 2.30. The van der Waals surface area contributed by atoms with E-state index in [-0.39, 0.29) is 5.97 Å². The zero-order valence-corrected chi connectivity index (χ0v) is 9.60. The third-order valence-corrected chi connectivity index (χ3v) is 2.01. The van der Waals surface area contributed by atoms with Gasteiger partial charge in [-0.05, 0) is 18.1 Å². The Hall–Kier alpha value is -1.61. The Kier molecular flexibility index (Phi) is 5.29. The molecule has 1 aromatic carbocycles. The van der Waals surface area contributed by atoms with Crippen LogP contribution in [0.15, 0.2) is 42.0 Å². The summed E-state index contributed by atoms with van der Waals surface area (Å²) in [7, 11) is 1.36. The molecular formula is C13H16O3. The molecule has 0 aliphatic carbocycles. The van der Waals surface area contributed by atoms with E-state index in [0.717, 1.165) is 11.1 Å². The number of benzene rings is 1. The van der Waals surface area contributed by atoms with Crippen molar-refractivity contribution in [1.29, 1.82) is 0 Å².